The van der Waals surface area contributed by atoms with Gasteiger partial charge in [-0.3, -0.25) is 18.9 Å². The summed E-state index contributed by atoms with van der Waals surface area (Å²) in [6.07, 6.45) is 5.44. The molecule has 3 aromatic rings. The third-order valence-corrected chi connectivity index (χ3v) is 8.01. The lowest BCUT2D eigenvalue weighted by Crippen LogP contribution is -2.36. The van der Waals surface area contributed by atoms with Crippen molar-refractivity contribution in [2.75, 3.05) is 18.0 Å². The van der Waals surface area contributed by atoms with Crippen LogP contribution in [-0.4, -0.2) is 37.6 Å². The highest BCUT2D eigenvalue weighted by molar-refractivity contribution is 8.26. The Morgan fingerprint density at radius 2 is 1.88 bits per heavy atom. The molecule has 1 aromatic carbocycles. The maximum absolute atomic E-state index is 13.5. The first-order valence-electron chi connectivity index (χ1n) is 11.2. The van der Waals surface area contributed by atoms with Gasteiger partial charge in [0.25, 0.3) is 11.5 Å². The smallest absolute Gasteiger partial charge is 0.267 e. The zero-order valence-electron chi connectivity index (χ0n) is 18.6. The molecule has 0 radical (unpaired) electrons. The maximum Gasteiger partial charge on any atom is 0.267 e. The van der Waals surface area contributed by atoms with Gasteiger partial charge in [-0.05, 0) is 48.6 Å². The third kappa shape index (κ3) is 4.37. The Bertz CT molecular complexity index is 1380. The molecule has 6 nitrogen and oxygen atoms in total. The van der Waals surface area contributed by atoms with Gasteiger partial charge in [0.1, 0.15) is 15.8 Å². The lowest BCUT2D eigenvalue weighted by Gasteiger charge is -2.32. The number of rotatable bonds is 4. The van der Waals surface area contributed by atoms with Crippen LogP contribution in [0.2, 0.25) is 5.02 Å². The number of hydrogen-bond donors (Lipinski definition) is 0. The van der Waals surface area contributed by atoms with Crippen LogP contribution in [0.1, 0.15) is 30.9 Å². The highest BCUT2D eigenvalue weighted by Gasteiger charge is 2.33. The predicted octanol–water partition coefficient (Wildman–Crippen LogP) is 4.99. The molecule has 1 amide bonds. The summed E-state index contributed by atoms with van der Waals surface area (Å²) >= 11 is 13.0. The normalized spacial score (nSPS) is 18.5. The monoisotopic (exact) mass is 510 g/mol. The minimum Gasteiger partial charge on any atom is -0.356 e. The molecule has 0 atom stereocenters. The van der Waals surface area contributed by atoms with Gasteiger partial charge in [0.2, 0.25) is 0 Å². The number of hydrogen-bond acceptors (Lipinski definition) is 6. The van der Waals surface area contributed by atoms with Gasteiger partial charge >= 0.3 is 0 Å². The number of aromatic nitrogens is 2. The zero-order valence-corrected chi connectivity index (χ0v) is 21.0. The number of fused-ring (bicyclic) bond motifs is 1. The molecule has 2 aliphatic heterocycles. The van der Waals surface area contributed by atoms with E-state index in [1.807, 2.05) is 30.3 Å². The van der Waals surface area contributed by atoms with Gasteiger partial charge in [-0.25, -0.2) is 4.98 Å². The van der Waals surface area contributed by atoms with Crippen LogP contribution in [0.5, 0.6) is 0 Å². The number of pyridine rings is 1. The molecule has 0 bridgehead atoms. The first-order valence-corrected chi connectivity index (χ1v) is 12.8. The number of halogens is 1. The molecular formula is C25H23ClN4O2S2. The van der Waals surface area contributed by atoms with Gasteiger partial charge in [0.15, 0.2) is 0 Å². The lowest BCUT2D eigenvalue weighted by molar-refractivity contribution is -0.122. The van der Waals surface area contributed by atoms with Gasteiger partial charge in [0.05, 0.1) is 17.0 Å². The Kier molecular flexibility index (Phi) is 6.46. The zero-order chi connectivity index (χ0) is 23.8. The number of thioether (sulfide) groups is 1. The second kappa shape index (κ2) is 9.52. The van der Waals surface area contributed by atoms with E-state index < -0.39 is 0 Å². The molecule has 4 heterocycles. The van der Waals surface area contributed by atoms with Crippen molar-refractivity contribution in [3.63, 3.8) is 0 Å². The van der Waals surface area contributed by atoms with Crippen molar-refractivity contribution in [1.82, 2.24) is 14.3 Å². The lowest BCUT2D eigenvalue weighted by atomic mass is 9.99. The van der Waals surface area contributed by atoms with Crippen LogP contribution in [0.15, 0.2) is 58.4 Å². The van der Waals surface area contributed by atoms with Crippen LogP contribution in [-0.2, 0) is 11.3 Å². The van der Waals surface area contributed by atoms with E-state index in [1.165, 1.54) is 21.1 Å². The number of carbonyl (C=O) groups is 1. The molecule has 2 saturated heterocycles. The number of carbonyl (C=O) groups excluding carboxylic acids is 1. The predicted molar refractivity (Wildman–Crippen MR) is 142 cm³/mol. The van der Waals surface area contributed by atoms with Crippen molar-refractivity contribution < 1.29 is 4.79 Å². The van der Waals surface area contributed by atoms with E-state index >= 15 is 0 Å². The average molecular weight is 511 g/mol. The van der Waals surface area contributed by atoms with Crippen molar-refractivity contribution in [3.05, 3.63) is 80.1 Å². The highest BCUT2D eigenvalue weighted by atomic mass is 35.5. The molecule has 0 unspecified atom stereocenters. The van der Waals surface area contributed by atoms with Crippen LogP contribution < -0.4 is 10.5 Å². The Morgan fingerprint density at radius 3 is 2.65 bits per heavy atom. The second-order valence-electron chi connectivity index (χ2n) is 8.61. The standard InChI is InChI=1S/C25H23ClN4O2S2/c1-16-9-12-28(13-10-16)22-18(23(31)29-11-5-4-8-21(29)27-22)14-20-24(32)30(25(33)34-20)15-17-6-2-3-7-19(17)26/h2-8,11,14,16H,9-10,12-13,15H2,1H3/b20-14+. The van der Waals surface area contributed by atoms with E-state index in [1.54, 1.807) is 24.4 Å². The Labute approximate surface area is 212 Å². The van der Waals surface area contributed by atoms with E-state index in [4.69, 9.17) is 28.8 Å². The van der Waals surface area contributed by atoms with E-state index in [0.29, 0.717) is 37.2 Å². The molecule has 174 valence electrons. The second-order valence-corrected chi connectivity index (χ2v) is 10.7. The van der Waals surface area contributed by atoms with Gasteiger partial charge in [-0.15, -0.1) is 0 Å². The van der Waals surface area contributed by atoms with E-state index in [2.05, 4.69) is 11.8 Å². The summed E-state index contributed by atoms with van der Waals surface area (Å²) in [5.41, 5.74) is 1.62. The molecule has 0 aliphatic carbocycles. The van der Waals surface area contributed by atoms with E-state index in [-0.39, 0.29) is 18.0 Å². The molecule has 0 spiro atoms. The van der Waals surface area contributed by atoms with E-state index in [0.717, 1.165) is 31.5 Å². The number of anilines is 1. The number of piperidine rings is 1. The van der Waals surface area contributed by atoms with E-state index in [9.17, 15) is 9.59 Å². The third-order valence-electron chi connectivity index (χ3n) is 6.27. The van der Waals surface area contributed by atoms with Crippen molar-refractivity contribution >= 4 is 63.3 Å². The van der Waals surface area contributed by atoms with Crippen LogP contribution in [0.4, 0.5) is 5.82 Å². The molecule has 0 N–H and O–H groups in total. The summed E-state index contributed by atoms with van der Waals surface area (Å²) in [6.45, 7) is 4.18. The minimum atomic E-state index is -0.231. The summed E-state index contributed by atoms with van der Waals surface area (Å²) in [7, 11) is 0. The first-order chi connectivity index (χ1) is 16.4. The van der Waals surface area contributed by atoms with Crippen LogP contribution in [0.3, 0.4) is 0 Å². The topological polar surface area (TPSA) is 57.9 Å². The highest BCUT2D eigenvalue weighted by Crippen LogP contribution is 2.35. The fourth-order valence-electron chi connectivity index (χ4n) is 4.24. The minimum absolute atomic E-state index is 0.199. The van der Waals surface area contributed by atoms with Crippen molar-refractivity contribution in [1.29, 1.82) is 0 Å². The average Bonchev–Trinajstić information content (AvgIpc) is 3.10. The van der Waals surface area contributed by atoms with Gasteiger partial charge in [-0.2, -0.15) is 0 Å². The summed E-state index contributed by atoms with van der Waals surface area (Å²) in [6, 6.07) is 12.9. The quantitative estimate of drug-likeness (QED) is 0.364. The number of amides is 1. The molecule has 5 rings (SSSR count). The summed E-state index contributed by atoms with van der Waals surface area (Å²) < 4.78 is 1.96. The van der Waals surface area contributed by atoms with Gasteiger partial charge in [-0.1, -0.05) is 66.8 Å². The van der Waals surface area contributed by atoms with Gasteiger partial charge < -0.3 is 4.90 Å². The maximum atomic E-state index is 13.5. The molecule has 34 heavy (non-hydrogen) atoms. The fraction of sp³-hybridized carbons (Fsp3) is 0.280. The van der Waals surface area contributed by atoms with Crippen LogP contribution in [0.25, 0.3) is 11.7 Å². The number of thiocarbonyl (C=S) groups is 1. The molecule has 9 heteroatoms. The summed E-state index contributed by atoms with van der Waals surface area (Å²) in [5.74, 6) is 1.03. The number of benzene rings is 1. The first kappa shape index (κ1) is 23.1. The molecule has 2 aromatic heterocycles. The van der Waals surface area contributed by atoms with Crippen molar-refractivity contribution in [2.45, 2.75) is 26.3 Å². The molecule has 0 saturated carbocycles. The van der Waals surface area contributed by atoms with Crippen LogP contribution >= 0.6 is 35.6 Å². The summed E-state index contributed by atoms with van der Waals surface area (Å²) in [4.78, 5) is 35.8. The molecule has 2 aliphatic rings. The Morgan fingerprint density at radius 1 is 1.15 bits per heavy atom. The Hall–Kier alpha value is -2.68. The fourth-order valence-corrected chi connectivity index (χ4v) is 5.68. The van der Waals surface area contributed by atoms with Crippen molar-refractivity contribution in [2.24, 2.45) is 5.92 Å². The SMILES string of the molecule is CC1CCN(c2nc3ccccn3c(=O)c2/C=C2/SC(=S)N(Cc3ccccc3Cl)C2=O)CC1. The van der Waals surface area contributed by atoms with Crippen LogP contribution in [0, 0.1) is 5.92 Å². The number of nitrogens with zero attached hydrogens (tertiary/aromatic N) is 4. The summed E-state index contributed by atoms with van der Waals surface area (Å²) in [5, 5.41) is 0.583. The largest absolute Gasteiger partial charge is 0.356 e. The Balaban J connectivity index is 1.55. The van der Waals surface area contributed by atoms with Gasteiger partial charge in [0, 0.05) is 24.3 Å². The molecule has 2 fully saturated rings. The molecular weight excluding hydrogens is 488 g/mol. The van der Waals surface area contributed by atoms with Crippen molar-refractivity contribution in [3.8, 4) is 0 Å².